The fourth-order valence-corrected chi connectivity index (χ4v) is 2.58. The molecule has 1 rings (SSSR count). The second-order valence-corrected chi connectivity index (χ2v) is 6.61. The molecule has 0 heterocycles. The topological polar surface area (TPSA) is 15.3 Å². The Hall–Kier alpha value is -1.02. The van der Waals surface area contributed by atoms with E-state index in [9.17, 15) is 0 Å². The monoisotopic (exact) mass is 276 g/mol. The average Bonchev–Trinajstić information content (AvgIpc) is 2.34. The molecule has 1 aromatic rings. The van der Waals surface area contributed by atoms with E-state index < -0.39 is 0 Å². The van der Waals surface area contributed by atoms with Crippen LogP contribution in [0.1, 0.15) is 45.7 Å². The summed E-state index contributed by atoms with van der Waals surface area (Å²) in [6, 6.07) is 6.86. The van der Waals surface area contributed by atoms with Gasteiger partial charge in [-0.2, -0.15) is 0 Å². The highest BCUT2D eigenvalue weighted by Gasteiger charge is 2.14. The van der Waals surface area contributed by atoms with E-state index in [0.717, 1.165) is 26.2 Å². The lowest BCUT2D eigenvalue weighted by molar-refractivity contribution is 0.550. The molecule has 2 heteroatoms. The van der Waals surface area contributed by atoms with Crippen LogP contribution < -0.4 is 10.2 Å². The summed E-state index contributed by atoms with van der Waals surface area (Å²) >= 11 is 0. The molecule has 0 aliphatic heterocycles. The van der Waals surface area contributed by atoms with Crippen LogP contribution in [0.15, 0.2) is 18.2 Å². The number of hydrogen-bond acceptors (Lipinski definition) is 2. The van der Waals surface area contributed by atoms with Gasteiger partial charge < -0.3 is 10.2 Å². The summed E-state index contributed by atoms with van der Waals surface area (Å²) in [6.45, 7) is 17.8. The largest absolute Gasteiger partial charge is 0.371 e. The highest BCUT2D eigenvalue weighted by molar-refractivity contribution is 5.55. The molecule has 0 saturated carbocycles. The van der Waals surface area contributed by atoms with Gasteiger partial charge >= 0.3 is 0 Å². The van der Waals surface area contributed by atoms with Gasteiger partial charge in [0.05, 0.1) is 0 Å². The van der Waals surface area contributed by atoms with Crippen LogP contribution in [-0.2, 0) is 6.54 Å². The van der Waals surface area contributed by atoms with E-state index >= 15 is 0 Å². The van der Waals surface area contributed by atoms with Crippen molar-refractivity contribution in [2.75, 3.05) is 24.5 Å². The van der Waals surface area contributed by atoms with Gasteiger partial charge in [0.1, 0.15) is 0 Å². The van der Waals surface area contributed by atoms with E-state index in [2.05, 4.69) is 70.0 Å². The first-order valence-electron chi connectivity index (χ1n) is 7.99. The van der Waals surface area contributed by atoms with Crippen LogP contribution >= 0.6 is 0 Å². The maximum absolute atomic E-state index is 3.47. The van der Waals surface area contributed by atoms with Gasteiger partial charge in [0.2, 0.25) is 0 Å². The summed E-state index contributed by atoms with van der Waals surface area (Å²) in [5.74, 6) is 1.36. The lowest BCUT2D eigenvalue weighted by Gasteiger charge is -2.30. The van der Waals surface area contributed by atoms with Gasteiger partial charge in [0.15, 0.2) is 0 Å². The number of rotatable bonds is 8. The Morgan fingerprint density at radius 3 is 2.15 bits per heavy atom. The average molecular weight is 276 g/mol. The van der Waals surface area contributed by atoms with Gasteiger partial charge in [0, 0.05) is 25.3 Å². The quantitative estimate of drug-likeness (QED) is 0.764. The summed E-state index contributed by atoms with van der Waals surface area (Å²) < 4.78 is 0. The Morgan fingerprint density at radius 2 is 1.65 bits per heavy atom. The predicted octanol–water partition coefficient (Wildman–Crippen LogP) is 4.22. The van der Waals surface area contributed by atoms with Crippen molar-refractivity contribution < 1.29 is 0 Å². The van der Waals surface area contributed by atoms with Crippen molar-refractivity contribution in [3.05, 3.63) is 29.3 Å². The molecule has 0 amide bonds. The minimum Gasteiger partial charge on any atom is -0.371 e. The second-order valence-electron chi connectivity index (χ2n) is 6.61. The normalized spacial score (nSPS) is 11.4. The third-order valence-electron chi connectivity index (χ3n) is 3.31. The van der Waals surface area contributed by atoms with Crippen LogP contribution in [0.4, 0.5) is 5.69 Å². The molecule has 0 aliphatic rings. The van der Waals surface area contributed by atoms with Gasteiger partial charge in [-0.3, -0.25) is 0 Å². The van der Waals surface area contributed by atoms with Crippen molar-refractivity contribution in [2.24, 2.45) is 11.8 Å². The van der Waals surface area contributed by atoms with E-state index in [1.165, 1.54) is 16.8 Å². The summed E-state index contributed by atoms with van der Waals surface area (Å²) in [5, 5.41) is 3.47. The minimum atomic E-state index is 0.682. The van der Waals surface area contributed by atoms with Gasteiger partial charge in [0.25, 0.3) is 0 Å². The highest BCUT2D eigenvalue weighted by Crippen LogP contribution is 2.24. The van der Waals surface area contributed by atoms with E-state index in [-0.39, 0.29) is 0 Å². The van der Waals surface area contributed by atoms with Crippen LogP contribution in [0, 0.1) is 18.8 Å². The van der Waals surface area contributed by atoms with Crippen molar-refractivity contribution in [1.29, 1.82) is 0 Å². The smallest absolute Gasteiger partial charge is 0.0412 e. The van der Waals surface area contributed by atoms with Gasteiger partial charge in [-0.1, -0.05) is 52.3 Å². The first kappa shape index (κ1) is 17.0. The Kier molecular flexibility index (Phi) is 7.08. The second kappa shape index (κ2) is 8.31. The predicted molar refractivity (Wildman–Crippen MR) is 90.4 cm³/mol. The van der Waals surface area contributed by atoms with E-state index in [1.54, 1.807) is 0 Å². The SMILES string of the molecule is CCNCc1cc(C)ccc1N(CC(C)C)CC(C)C. The number of nitrogens with zero attached hydrogens (tertiary/aromatic N) is 1. The number of aryl methyl sites for hydroxylation is 1. The third kappa shape index (κ3) is 5.54. The molecule has 0 saturated heterocycles. The minimum absolute atomic E-state index is 0.682. The zero-order valence-electron chi connectivity index (χ0n) is 14.2. The van der Waals surface area contributed by atoms with Crippen LogP contribution in [0.2, 0.25) is 0 Å². The zero-order valence-corrected chi connectivity index (χ0v) is 14.2. The molecular weight excluding hydrogens is 244 g/mol. The molecule has 0 spiro atoms. The van der Waals surface area contributed by atoms with Crippen molar-refractivity contribution in [1.82, 2.24) is 5.32 Å². The molecule has 0 radical (unpaired) electrons. The fourth-order valence-electron chi connectivity index (χ4n) is 2.58. The number of benzene rings is 1. The van der Waals surface area contributed by atoms with Crippen molar-refractivity contribution in [3.63, 3.8) is 0 Å². The van der Waals surface area contributed by atoms with Crippen LogP contribution in [-0.4, -0.2) is 19.6 Å². The number of anilines is 1. The van der Waals surface area contributed by atoms with Gasteiger partial charge in [-0.05, 0) is 36.9 Å². The first-order chi connectivity index (χ1) is 9.43. The molecule has 0 atom stereocenters. The van der Waals surface area contributed by atoms with E-state index in [0.29, 0.717) is 11.8 Å². The molecule has 0 unspecified atom stereocenters. The lowest BCUT2D eigenvalue weighted by Crippen LogP contribution is -2.32. The molecule has 20 heavy (non-hydrogen) atoms. The van der Waals surface area contributed by atoms with Gasteiger partial charge in [-0.15, -0.1) is 0 Å². The molecule has 0 aromatic heterocycles. The number of hydrogen-bond donors (Lipinski definition) is 1. The van der Waals surface area contributed by atoms with E-state index in [4.69, 9.17) is 0 Å². The van der Waals surface area contributed by atoms with Gasteiger partial charge in [-0.25, -0.2) is 0 Å². The fraction of sp³-hybridized carbons (Fsp3) is 0.667. The third-order valence-corrected chi connectivity index (χ3v) is 3.31. The molecular formula is C18H32N2. The maximum atomic E-state index is 3.47. The van der Waals surface area contributed by atoms with Crippen molar-refractivity contribution in [3.8, 4) is 0 Å². The summed E-state index contributed by atoms with van der Waals surface area (Å²) in [7, 11) is 0. The van der Waals surface area contributed by atoms with E-state index in [1.807, 2.05) is 0 Å². The molecule has 2 nitrogen and oxygen atoms in total. The lowest BCUT2D eigenvalue weighted by atomic mass is 10.0. The van der Waals surface area contributed by atoms with Crippen molar-refractivity contribution in [2.45, 2.75) is 48.1 Å². The molecule has 1 aromatic carbocycles. The molecule has 0 fully saturated rings. The Labute approximate surface area is 125 Å². The summed E-state index contributed by atoms with van der Waals surface area (Å²) in [5.41, 5.74) is 4.17. The summed E-state index contributed by atoms with van der Waals surface area (Å²) in [6.07, 6.45) is 0. The molecule has 114 valence electrons. The van der Waals surface area contributed by atoms with Crippen LogP contribution in [0.25, 0.3) is 0 Å². The zero-order chi connectivity index (χ0) is 15.1. The van der Waals surface area contributed by atoms with Crippen molar-refractivity contribution >= 4 is 5.69 Å². The summed E-state index contributed by atoms with van der Waals surface area (Å²) in [4.78, 5) is 2.56. The molecule has 0 aliphatic carbocycles. The molecule has 1 N–H and O–H groups in total. The van der Waals surface area contributed by atoms with Crippen LogP contribution in [0.3, 0.4) is 0 Å². The molecule has 0 bridgehead atoms. The highest BCUT2D eigenvalue weighted by atomic mass is 15.1. The number of nitrogens with one attached hydrogen (secondary N) is 1. The first-order valence-corrected chi connectivity index (χ1v) is 7.99. The Bertz CT molecular complexity index is 386. The van der Waals surface area contributed by atoms with Crippen LogP contribution in [0.5, 0.6) is 0 Å². The standard InChI is InChI=1S/C18H32N2/c1-7-19-11-17-10-16(6)8-9-18(17)20(12-14(2)3)13-15(4)5/h8-10,14-15,19H,7,11-13H2,1-6H3. The maximum Gasteiger partial charge on any atom is 0.0412 e. The Morgan fingerprint density at radius 1 is 1.05 bits per heavy atom. The Balaban J connectivity index is 3.03.